The molecule has 4 aromatic carbocycles. The van der Waals surface area contributed by atoms with Crippen LogP contribution in [0.1, 0.15) is 90.1 Å². The van der Waals surface area contributed by atoms with Gasteiger partial charge in [-0.25, -0.2) is 4.68 Å². The van der Waals surface area contributed by atoms with E-state index in [2.05, 4.69) is 46.4 Å². The van der Waals surface area contributed by atoms with Gasteiger partial charge < -0.3 is 4.74 Å². The highest BCUT2D eigenvalue weighted by molar-refractivity contribution is 5.82. The summed E-state index contributed by atoms with van der Waals surface area (Å²) in [6, 6.07) is 24.6. The summed E-state index contributed by atoms with van der Waals surface area (Å²) in [5, 5.41) is 8.87. The van der Waals surface area contributed by atoms with Crippen molar-refractivity contribution in [3.05, 3.63) is 129 Å². The molecule has 0 saturated heterocycles. The van der Waals surface area contributed by atoms with Crippen molar-refractivity contribution in [1.82, 2.24) is 19.9 Å². The van der Waals surface area contributed by atoms with Crippen LogP contribution in [0.15, 0.2) is 78.9 Å². The van der Waals surface area contributed by atoms with Crippen molar-refractivity contribution in [1.29, 1.82) is 0 Å². The number of halogens is 3. The molecule has 0 saturated carbocycles. The van der Waals surface area contributed by atoms with Crippen molar-refractivity contribution in [2.24, 2.45) is 11.3 Å². The Morgan fingerprint density at radius 3 is 2.45 bits per heavy atom. The summed E-state index contributed by atoms with van der Waals surface area (Å²) in [6.07, 6.45) is -2.93. The lowest BCUT2D eigenvalue weighted by molar-refractivity contribution is -0.156. The molecule has 0 N–H and O–H groups in total. The molecule has 2 heterocycles. The Morgan fingerprint density at radius 1 is 0.980 bits per heavy atom. The second-order valence-corrected chi connectivity index (χ2v) is 14.5. The van der Waals surface area contributed by atoms with E-state index in [1.54, 1.807) is 0 Å². The largest absolute Gasteiger partial charge is 0.460 e. The Hall–Kier alpha value is -4.50. The summed E-state index contributed by atoms with van der Waals surface area (Å²) >= 11 is 0. The molecule has 51 heavy (non-hydrogen) atoms. The van der Waals surface area contributed by atoms with Crippen LogP contribution in [-0.4, -0.2) is 32.4 Å². The molecule has 0 amide bonds. The Balaban J connectivity index is 1.40. The number of fused-ring (bicyclic) bond motifs is 2. The highest BCUT2D eigenvalue weighted by Gasteiger charge is 2.42. The molecule has 1 aliphatic heterocycles. The SMILES string of the molecule is CC[C@H]1Cc2cccc(C(F)(F)F)c2CN(Cc2cc([C@@H](c3ccc4c(nnn4CC)c3C)C(C)(C)C(=O)OCc3ccccc3)ccc2C)C1. The second kappa shape index (κ2) is 14.6. The molecule has 0 fully saturated rings. The van der Waals surface area contributed by atoms with Gasteiger partial charge in [0.1, 0.15) is 12.1 Å². The standard InChI is InChI=1S/C42H47F3N4O2/c1-7-29-21-31-15-12-16-36(42(43,44)45)35(31)25-48(23-29)24-33-22-32(18-17-27(33)3)38(34-19-20-37-39(28(34)4)46-47-49(37)8-2)41(5,6)40(50)51-26-30-13-10-9-11-14-30/h9-20,22,29,38H,7-8,21,23-26H2,1-6H3/t29-,38-/m0/s1. The third kappa shape index (κ3) is 7.45. The number of carbonyl (C=O) groups excluding carboxylic acids is 1. The monoisotopic (exact) mass is 696 g/mol. The molecule has 1 aromatic heterocycles. The van der Waals surface area contributed by atoms with E-state index in [9.17, 15) is 18.0 Å². The first-order valence-corrected chi connectivity index (χ1v) is 17.8. The maximum absolute atomic E-state index is 14.2. The van der Waals surface area contributed by atoms with Gasteiger partial charge in [0, 0.05) is 32.1 Å². The molecule has 0 bridgehead atoms. The number of hydrogen-bond donors (Lipinski definition) is 0. The molecule has 9 heteroatoms. The van der Waals surface area contributed by atoms with E-state index in [0.29, 0.717) is 31.6 Å². The van der Waals surface area contributed by atoms with Gasteiger partial charge in [0.25, 0.3) is 0 Å². The Bertz CT molecular complexity index is 2020. The minimum Gasteiger partial charge on any atom is -0.460 e. The number of ether oxygens (including phenoxy) is 1. The van der Waals surface area contributed by atoms with Crippen LogP contribution in [0.2, 0.25) is 0 Å². The van der Waals surface area contributed by atoms with Crippen molar-refractivity contribution < 1.29 is 22.7 Å². The Kier molecular flexibility index (Phi) is 10.4. The number of rotatable bonds is 10. The van der Waals surface area contributed by atoms with Crippen LogP contribution in [0.5, 0.6) is 0 Å². The van der Waals surface area contributed by atoms with Gasteiger partial charge in [0.05, 0.1) is 16.5 Å². The maximum atomic E-state index is 14.2. The molecule has 2 atom stereocenters. The van der Waals surface area contributed by atoms with Crippen LogP contribution in [-0.2, 0) is 48.4 Å². The van der Waals surface area contributed by atoms with Gasteiger partial charge in [-0.15, -0.1) is 5.10 Å². The van der Waals surface area contributed by atoms with E-state index in [1.807, 2.05) is 81.8 Å². The summed E-state index contributed by atoms with van der Waals surface area (Å²) in [7, 11) is 0. The van der Waals surface area contributed by atoms with E-state index in [4.69, 9.17) is 4.74 Å². The summed E-state index contributed by atoms with van der Waals surface area (Å²) < 4.78 is 50.5. The summed E-state index contributed by atoms with van der Waals surface area (Å²) in [5.41, 5.74) is 7.11. The van der Waals surface area contributed by atoms with Crippen LogP contribution in [0.3, 0.4) is 0 Å². The van der Waals surface area contributed by atoms with Crippen LogP contribution < -0.4 is 0 Å². The van der Waals surface area contributed by atoms with Gasteiger partial charge in [-0.3, -0.25) is 9.69 Å². The van der Waals surface area contributed by atoms with E-state index in [0.717, 1.165) is 56.4 Å². The fourth-order valence-electron chi connectivity index (χ4n) is 7.72. The predicted octanol–water partition coefficient (Wildman–Crippen LogP) is 9.57. The zero-order chi connectivity index (χ0) is 36.5. The van der Waals surface area contributed by atoms with Crippen molar-refractivity contribution in [2.45, 2.75) is 92.7 Å². The van der Waals surface area contributed by atoms with Crippen molar-refractivity contribution in [3.8, 4) is 0 Å². The quantitative estimate of drug-likeness (QED) is 0.136. The minimum atomic E-state index is -4.42. The van der Waals surface area contributed by atoms with Gasteiger partial charge >= 0.3 is 12.1 Å². The van der Waals surface area contributed by atoms with Crippen LogP contribution in [0, 0.1) is 25.2 Å². The molecule has 0 spiro atoms. The molecule has 5 aromatic rings. The zero-order valence-corrected chi connectivity index (χ0v) is 30.3. The summed E-state index contributed by atoms with van der Waals surface area (Å²) in [6.45, 7) is 14.3. The van der Waals surface area contributed by atoms with E-state index in [1.165, 1.54) is 12.1 Å². The van der Waals surface area contributed by atoms with E-state index >= 15 is 0 Å². The molecule has 0 unspecified atom stereocenters. The minimum absolute atomic E-state index is 0.159. The topological polar surface area (TPSA) is 60.2 Å². The van der Waals surface area contributed by atoms with Crippen LogP contribution >= 0.6 is 0 Å². The number of benzene rings is 4. The molecule has 0 aliphatic carbocycles. The first kappa shape index (κ1) is 36.3. The molecule has 6 rings (SSSR count). The third-order valence-corrected chi connectivity index (χ3v) is 10.7. The second-order valence-electron chi connectivity index (χ2n) is 14.5. The number of alkyl halides is 3. The van der Waals surface area contributed by atoms with Gasteiger partial charge in [0.2, 0.25) is 0 Å². The lowest BCUT2D eigenvalue weighted by Gasteiger charge is -2.35. The number of carbonyl (C=O) groups is 1. The number of aromatic nitrogens is 3. The summed E-state index contributed by atoms with van der Waals surface area (Å²) in [5.74, 6) is -0.513. The highest BCUT2D eigenvalue weighted by Crippen LogP contribution is 2.45. The van der Waals surface area contributed by atoms with E-state index < -0.39 is 23.1 Å². The third-order valence-electron chi connectivity index (χ3n) is 10.7. The Labute approximate surface area is 298 Å². The van der Waals surface area contributed by atoms with Crippen molar-refractivity contribution in [2.75, 3.05) is 6.54 Å². The number of hydrogen-bond acceptors (Lipinski definition) is 5. The average molecular weight is 697 g/mol. The number of esters is 1. The van der Waals surface area contributed by atoms with Gasteiger partial charge in [0.15, 0.2) is 0 Å². The van der Waals surface area contributed by atoms with Gasteiger partial charge in [-0.2, -0.15) is 13.2 Å². The normalized spacial score (nSPS) is 16.1. The van der Waals surface area contributed by atoms with Gasteiger partial charge in [-0.1, -0.05) is 85.3 Å². The summed E-state index contributed by atoms with van der Waals surface area (Å²) in [4.78, 5) is 16.3. The molecule has 268 valence electrons. The highest BCUT2D eigenvalue weighted by atomic mass is 19.4. The fraction of sp³-hybridized carbons (Fsp3) is 0.405. The number of aryl methyl sites for hydroxylation is 3. The maximum Gasteiger partial charge on any atom is 0.416 e. The van der Waals surface area contributed by atoms with Crippen LogP contribution in [0.4, 0.5) is 13.2 Å². The Morgan fingerprint density at radius 2 is 1.75 bits per heavy atom. The van der Waals surface area contributed by atoms with Crippen LogP contribution in [0.25, 0.3) is 11.0 Å². The lowest BCUT2D eigenvalue weighted by atomic mass is 9.69. The fourth-order valence-corrected chi connectivity index (χ4v) is 7.72. The lowest BCUT2D eigenvalue weighted by Crippen LogP contribution is -2.34. The molecule has 6 nitrogen and oxygen atoms in total. The molecule has 0 radical (unpaired) electrons. The zero-order valence-electron chi connectivity index (χ0n) is 30.3. The first-order chi connectivity index (χ1) is 24.3. The van der Waals surface area contributed by atoms with Crippen molar-refractivity contribution in [3.63, 3.8) is 0 Å². The smallest absolute Gasteiger partial charge is 0.416 e. The van der Waals surface area contributed by atoms with Gasteiger partial charge in [-0.05, 0) is 104 Å². The molecular formula is C42H47F3N4O2. The molecule has 1 aliphatic rings. The average Bonchev–Trinajstić information content (AvgIpc) is 3.44. The van der Waals surface area contributed by atoms with E-state index in [-0.39, 0.29) is 25.0 Å². The van der Waals surface area contributed by atoms with Crippen molar-refractivity contribution >= 4 is 17.0 Å². The first-order valence-electron chi connectivity index (χ1n) is 17.8. The molecular weight excluding hydrogens is 649 g/mol. The number of nitrogens with zero attached hydrogens (tertiary/aromatic N) is 4. The predicted molar refractivity (Wildman–Crippen MR) is 194 cm³/mol.